The average Bonchev–Trinajstić information content (AvgIpc) is 2.83. The van der Waals surface area contributed by atoms with Gasteiger partial charge in [-0.25, -0.2) is 0 Å². The maximum Gasteiger partial charge on any atom is 0.306 e. The van der Waals surface area contributed by atoms with E-state index in [9.17, 15) is 9.90 Å². The van der Waals surface area contributed by atoms with E-state index in [1.807, 2.05) is 0 Å². The molecule has 1 saturated carbocycles. The largest absolute Gasteiger partial charge is 0.481 e. The summed E-state index contributed by atoms with van der Waals surface area (Å²) in [5, 5.41) is 12.7. The number of hydrogen-bond acceptors (Lipinski definition) is 2. The van der Waals surface area contributed by atoms with Gasteiger partial charge in [-0.15, -0.1) is 0 Å². The molecule has 0 radical (unpaired) electrons. The lowest BCUT2D eigenvalue weighted by Gasteiger charge is -2.21. The van der Waals surface area contributed by atoms with Crippen LogP contribution in [0.4, 0.5) is 0 Å². The number of nitrogens with one attached hydrogen (secondary N) is 1. The molecular formula is C17H25NO2. The number of benzene rings is 1. The summed E-state index contributed by atoms with van der Waals surface area (Å²) in [4.78, 5) is 11.2. The minimum atomic E-state index is -0.631. The second-order valence-electron chi connectivity index (χ2n) is 6.19. The molecule has 3 unspecified atom stereocenters. The van der Waals surface area contributed by atoms with Crippen molar-refractivity contribution in [3.8, 4) is 0 Å². The van der Waals surface area contributed by atoms with Crippen LogP contribution in [-0.4, -0.2) is 17.6 Å². The summed E-state index contributed by atoms with van der Waals surface area (Å²) in [5.74, 6) is -0.511. The zero-order valence-corrected chi connectivity index (χ0v) is 12.6. The van der Waals surface area contributed by atoms with Crippen LogP contribution in [0.15, 0.2) is 18.2 Å². The molecule has 3 atom stereocenters. The van der Waals surface area contributed by atoms with Crippen molar-refractivity contribution in [3.63, 3.8) is 0 Å². The lowest BCUT2D eigenvalue weighted by atomic mass is 9.95. The number of aliphatic carboxylic acids is 1. The Labute approximate surface area is 121 Å². The molecule has 0 spiro atoms. The van der Waals surface area contributed by atoms with E-state index in [0.717, 1.165) is 25.8 Å². The molecule has 1 aliphatic rings. The number of rotatable bonds is 5. The van der Waals surface area contributed by atoms with Gasteiger partial charge in [0, 0.05) is 6.04 Å². The van der Waals surface area contributed by atoms with Crippen molar-refractivity contribution in [2.45, 2.75) is 46.1 Å². The van der Waals surface area contributed by atoms with E-state index in [-0.39, 0.29) is 17.9 Å². The molecule has 0 bridgehead atoms. The van der Waals surface area contributed by atoms with Crippen molar-refractivity contribution in [1.82, 2.24) is 5.32 Å². The molecule has 1 fully saturated rings. The predicted molar refractivity (Wildman–Crippen MR) is 80.8 cm³/mol. The Morgan fingerprint density at radius 3 is 2.55 bits per heavy atom. The van der Waals surface area contributed by atoms with Crippen molar-refractivity contribution in [1.29, 1.82) is 0 Å². The monoisotopic (exact) mass is 275 g/mol. The van der Waals surface area contributed by atoms with Gasteiger partial charge in [-0.3, -0.25) is 4.79 Å². The van der Waals surface area contributed by atoms with Crippen LogP contribution in [0.5, 0.6) is 0 Å². The molecule has 3 heteroatoms. The number of hydrogen-bond donors (Lipinski definition) is 2. The summed E-state index contributed by atoms with van der Waals surface area (Å²) >= 11 is 0. The molecule has 20 heavy (non-hydrogen) atoms. The topological polar surface area (TPSA) is 49.3 Å². The zero-order chi connectivity index (χ0) is 14.7. The Morgan fingerprint density at radius 2 is 1.95 bits per heavy atom. The van der Waals surface area contributed by atoms with Crippen LogP contribution >= 0.6 is 0 Å². The van der Waals surface area contributed by atoms with E-state index >= 15 is 0 Å². The molecule has 1 aromatic carbocycles. The third kappa shape index (κ3) is 3.60. The first kappa shape index (κ1) is 15.0. The molecule has 0 aromatic heterocycles. The fourth-order valence-corrected chi connectivity index (χ4v) is 3.31. The summed E-state index contributed by atoms with van der Waals surface area (Å²) < 4.78 is 0. The summed E-state index contributed by atoms with van der Waals surface area (Å²) in [7, 11) is 0. The van der Waals surface area contributed by atoms with Gasteiger partial charge in [-0.05, 0) is 51.6 Å². The average molecular weight is 275 g/mol. The summed E-state index contributed by atoms with van der Waals surface area (Å²) in [6, 6.07) is 6.85. The molecule has 0 saturated heterocycles. The highest BCUT2D eigenvalue weighted by molar-refractivity contribution is 5.70. The predicted octanol–water partition coefficient (Wildman–Crippen LogP) is 3.45. The first-order valence-corrected chi connectivity index (χ1v) is 7.51. The second-order valence-corrected chi connectivity index (χ2v) is 6.19. The quantitative estimate of drug-likeness (QED) is 0.865. The van der Waals surface area contributed by atoms with Gasteiger partial charge in [0.1, 0.15) is 0 Å². The third-order valence-corrected chi connectivity index (χ3v) is 4.41. The molecule has 1 aliphatic carbocycles. The minimum absolute atomic E-state index is 0.158. The van der Waals surface area contributed by atoms with E-state index in [4.69, 9.17) is 0 Å². The van der Waals surface area contributed by atoms with Crippen LogP contribution in [-0.2, 0) is 4.79 Å². The van der Waals surface area contributed by atoms with Gasteiger partial charge >= 0.3 is 5.97 Å². The Kier molecular flexibility index (Phi) is 4.81. The Balaban J connectivity index is 1.94. The lowest BCUT2D eigenvalue weighted by molar-refractivity contribution is -0.142. The Morgan fingerprint density at radius 1 is 1.30 bits per heavy atom. The third-order valence-electron chi connectivity index (χ3n) is 4.41. The Bertz CT molecular complexity index is 464. The molecule has 2 N–H and O–H groups in total. The molecular weight excluding hydrogens is 250 g/mol. The summed E-state index contributed by atoms with van der Waals surface area (Å²) in [6.07, 6.45) is 2.91. The van der Waals surface area contributed by atoms with Crippen LogP contribution in [0.25, 0.3) is 0 Å². The molecule has 0 heterocycles. The smallest absolute Gasteiger partial charge is 0.306 e. The van der Waals surface area contributed by atoms with Crippen LogP contribution in [0, 0.1) is 25.7 Å². The van der Waals surface area contributed by atoms with Gasteiger partial charge in [0.25, 0.3) is 0 Å². The molecule has 0 amide bonds. The minimum Gasteiger partial charge on any atom is -0.481 e. The normalized spacial score (nSPS) is 23.8. The van der Waals surface area contributed by atoms with Crippen molar-refractivity contribution in [2.24, 2.45) is 11.8 Å². The van der Waals surface area contributed by atoms with E-state index in [2.05, 4.69) is 44.3 Å². The van der Waals surface area contributed by atoms with E-state index in [1.54, 1.807) is 0 Å². The van der Waals surface area contributed by atoms with Crippen molar-refractivity contribution < 1.29 is 9.90 Å². The van der Waals surface area contributed by atoms with Crippen LogP contribution < -0.4 is 5.32 Å². The highest BCUT2D eigenvalue weighted by Crippen LogP contribution is 2.31. The van der Waals surface area contributed by atoms with Crippen LogP contribution in [0.2, 0.25) is 0 Å². The summed E-state index contributed by atoms with van der Waals surface area (Å²) in [5.41, 5.74) is 3.84. The van der Waals surface area contributed by atoms with Crippen molar-refractivity contribution in [2.75, 3.05) is 6.54 Å². The number of aryl methyl sites for hydroxylation is 2. The molecule has 110 valence electrons. The standard InChI is InChI=1S/C17H25NO2/c1-11-7-12(2)9-15(8-11)13(3)18-10-14-5-4-6-16(14)17(19)20/h7-9,13-14,16,18H,4-6,10H2,1-3H3,(H,19,20). The zero-order valence-electron chi connectivity index (χ0n) is 12.6. The number of carboxylic acids is 1. The highest BCUT2D eigenvalue weighted by Gasteiger charge is 2.32. The van der Waals surface area contributed by atoms with Gasteiger partial charge in [0.05, 0.1) is 5.92 Å². The maximum atomic E-state index is 11.2. The summed E-state index contributed by atoms with van der Waals surface area (Å²) in [6.45, 7) is 7.17. The molecule has 0 aliphatic heterocycles. The van der Waals surface area contributed by atoms with Gasteiger partial charge in [-0.1, -0.05) is 35.7 Å². The SMILES string of the molecule is Cc1cc(C)cc(C(C)NCC2CCCC2C(=O)O)c1. The van der Waals surface area contributed by atoms with E-state index < -0.39 is 5.97 Å². The fourth-order valence-electron chi connectivity index (χ4n) is 3.31. The Hall–Kier alpha value is -1.35. The molecule has 2 rings (SSSR count). The van der Waals surface area contributed by atoms with Gasteiger partial charge in [0.2, 0.25) is 0 Å². The van der Waals surface area contributed by atoms with E-state index in [1.165, 1.54) is 16.7 Å². The van der Waals surface area contributed by atoms with Gasteiger partial charge in [-0.2, -0.15) is 0 Å². The molecule has 3 nitrogen and oxygen atoms in total. The van der Waals surface area contributed by atoms with Gasteiger partial charge in [0.15, 0.2) is 0 Å². The highest BCUT2D eigenvalue weighted by atomic mass is 16.4. The fraction of sp³-hybridized carbons (Fsp3) is 0.588. The lowest BCUT2D eigenvalue weighted by Crippen LogP contribution is -2.30. The number of carboxylic acid groups (broad SMARTS) is 1. The van der Waals surface area contributed by atoms with Crippen molar-refractivity contribution in [3.05, 3.63) is 34.9 Å². The van der Waals surface area contributed by atoms with Crippen LogP contribution in [0.1, 0.15) is 48.9 Å². The van der Waals surface area contributed by atoms with E-state index in [0.29, 0.717) is 0 Å². The molecule has 1 aromatic rings. The number of carbonyl (C=O) groups is 1. The van der Waals surface area contributed by atoms with Gasteiger partial charge < -0.3 is 10.4 Å². The first-order chi connectivity index (χ1) is 9.47. The second kappa shape index (κ2) is 6.40. The van der Waals surface area contributed by atoms with Crippen molar-refractivity contribution >= 4 is 5.97 Å². The van der Waals surface area contributed by atoms with Crippen LogP contribution in [0.3, 0.4) is 0 Å². The maximum absolute atomic E-state index is 11.2. The first-order valence-electron chi connectivity index (χ1n) is 7.51.